The highest BCUT2D eigenvalue weighted by molar-refractivity contribution is 7.88. The highest BCUT2D eigenvalue weighted by Crippen LogP contribution is 2.18. The van der Waals surface area contributed by atoms with Gasteiger partial charge in [-0.15, -0.1) is 0 Å². The molecule has 2 unspecified atom stereocenters. The first-order chi connectivity index (χ1) is 11.8. The Hall–Kier alpha value is -1.35. The van der Waals surface area contributed by atoms with Crippen molar-refractivity contribution in [2.45, 2.75) is 45.1 Å². The third kappa shape index (κ3) is 5.85. The molecule has 2 N–H and O–H groups in total. The van der Waals surface area contributed by atoms with Gasteiger partial charge in [0.2, 0.25) is 15.9 Å². The van der Waals surface area contributed by atoms with Gasteiger partial charge in [-0.1, -0.05) is 6.92 Å². The molecule has 2 aliphatic rings. The molecule has 0 saturated carbocycles. The molecule has 8 nitrogen and oxygen atoms in total. The quantitative estimate of drug-likeness (QED) is 0.726. The van der Waals surface area contributed by atoms with E-state index in [2.05, 4.69) is 10.6 Å². The van der Waals surface area contributed by atoms with Crippen molar-refractivity contribution in [3.05, 3.63) is 0 Å². The number of sulfonamides is 1. The first-order valence-corrected chi connectivity index (χ1v) is 10.9. The minimum atomic E-state index is -3.23. The van der Waals surface area contributed by atoms with Crippen LogP contribution in [0.3, 0.4) is 0 Å². The average Bonchev–Trinajstić information content (AvgIpc) is 2.59. The molecule has 3 amide bonds. The van der Waals surface area contributed by atoms with Crippen LogP contribution >= 0.6 is 0 Å². The lowest BCUT2D eigenvalue weighted by molar-refractivity contribution is -0.126. The molecule has 0 aromatic carbocycles. The van der Waals surface area contributed by atoms with Crippen molar-refractivity contribution in [3.8, 4) is 0 Å². The predicted molar refractivity (Wildman–Crippen MR) is 95.6 cm³/mol. The van der Waals surface area contributed by atoms with Crippen LogP contribution in [0.15, 0.2) is 0 Å². The number of rotatable bonds is 5. The number of nitrogens with zero attached hydrogens (tertiary/aromatic N) is 2. The molecule has 2 rings (SSSR count). The summed E-state index contributed by atoms with van der Waals surface area (Å²) in [6.45, 7) is 4.54. The Morgan fingerprint density at radius 2 is 1.84 bits per heavy atom. The smallest absolute Gasteiger partial charge is 0.317 e. The summed E-state index contributed by atoms with van der Waals surface area (Å²) in [6.07, 6.45) is 5.19. The van der Waals surface area contributed by atoms with Crippen LogP contribution < -0.4 is 10.6 Å². The fourth-order valence-corrected chi connectivity index (χ4v) is 4.31. The molecule has 9 heteroatoms. The highest BCUT2D eigenvalue weighted by Gasteiger charge is 2.31. The van der Waals surface area contributed by atoms with Crippen molar-refractivity contribution in [2.75, 3.05) is 39.0 Å². The lowest BCUT2D eigenvalue weighted by Crippen LogP contribution is -2.55. The molecule has 25 heavy (non-hydrogen) atoms. The molecule has 2 fully saturated rings. The number of nitrogens with one attached hydrogen (secondary N) is 2. The molecule has 0 aromatic heterocycles. The summed E-state index contributed by atoms with van der Waals surface area (Å²) in [5, 5.41) is 5.84. The molecule has 2 aliphatic heterocycles. The van der Waals surface area contributed by atoms with Gasteiger partial charge in [0.25, 0.3) is 0 Å². The molecule has 2 saturated heterocycles. The minimum absolute atomic E-state index is 0.0141. The Kier molecular flexibility index (Phi) is 7.06. The van der Waals surface area contributed by atoms with Crippen LogP contribution in [0.2, 0.25) is 0 Å². The number of carbonyl (C=O) groups is 2. The SMILES string of the molecule is CCCNC(=O)C1CCCN(C(=O)NC2CCCN(S(C)(=O)=O)C2)C1. The topological polar surface area (TPSA) is 98.8 Å². The van der Waals surface area contributed by atoms with Crippen LogP contribution in [0.5, 0.6) is 0 Å². The van der Waals surface area contributed by atoms with Gasteiger partial charge >= 0.3 is 6.03 Å². The third-order valence-electron chi connectivity index (χ3n) is 4.81. The lowest BCUT2D eigenvalue weighted by Gasteiger charge is -2.35. The van der Waals surface area contributed by atoms with Crippen molar-refractivity contribution < 1.29 is 18.0 Å². The number of urea groups is 1. The van der Waals surface area contributed by atoms with E-state index in [4.69, 9.17) is 0 Å². The summed E-state index contributed by atoms with van der Waals surface area (Å²) in [6, 6.07) is -0.376. The molecule has 0 radical (unpaired) electrons. The van der Waals surface area contributed by atoms with E-state index < -0.39 is 10.0 Å². The van der Waals surface area contributed by atoms with E-state index in [1.54, 1.807) is 4.90 Å². The van der Waals surface area contributed by atoms with Crippen molar-refractivity contribution in [1.29, 1.82) is 0 Å². The largest absolute Gasteiger partial charge is 0.356 e. The summed E-state index contributed by atoms with van der Waals surface area (Å²) in [5.41, 5.74) is 0. The summed E-state index contributed by atoms with van der Waals surface area (Å²) < 4.78 is 24.8. The maximum absolute atomic E-state index is 12.5. The van der Waals surface area contributed by atoms with Gasteiger partial charge in [-0.25, -0.2) is 17.5 Å². The number of hydrogen-bond donors (Lipinski definition) is 2. The number of amides is 3. The van der Waals surface area contributed by atoms with Crippen molar-refractivity contribution in [1.82, 2.24) is 19.8 Å². The fourth-order valence-electron chi connectivity index (χ4n) is 3.40. The summed E-state index contributed by atoms with van der Waals surface area (Å²) in [7, 11) is -3.23. The average molecular weight is 375 g/mol. The van der Waals surface area contributed by atoms with Crippen LogP contribution in [0.25, 0.3) is 0 Å². The Balaban J connectivity index is 1.86. The van der Waals surface area contributed by atoms with E-state index in [-0.39, 0.29) is 23.9 Å². The zero-order valence-electron chi connectivity index (χ0n) is 15.2. The second-order valence-electron chi connectivity index (χ2n) is 6.99. The van der Waals surface area contributed by atoms with Crippen molar-refractivity contribution >= 4 is 22.0 Å². The number of hydrogen-bond acceptors (Lipinski definition) is 4. The third-order valence-corrected chi connectivity index (χ3v) is 6.08. The van der Waals surface area contributed by atoms with Gasteiger partial charge in [0.1, 0.15) is 0 Å². The van der Waals surface area contributed by atoms with Crippen molar-refractivity contribution in [2.24, 2.45) is 5.92 Å². The van der Waals surface area contributed by atoms with E-state index in [1.165, 1.54) is 10.6 Å². The van der Waals surface area contributed by atoms with Gasteiger partial charge in [0, 0.05) is 38.8 Å². The van der Waals surface area contributed by atoms with Crippen LogP contribution in [-0.2, 0) is 14.8 Å². The zero-order valence-corrected chi connectivity index (χ0v) is 16.0. The van der Waals surface area contributed by atoms with E-state index in [0.29, 0.717) is 32.7 Å². The fraction of sp³-hybridized carbons (Fsp3) is 0.875. The Morgan fingerprint density at radius 1 is 1.12 bits per heavy atom. The molecule has 0 aliphatic carbocycles. The predicted octanol–water partition coefficient (Wildman–Crippen LogP) is 0.358. The lowest BCUT2D eigenvalue weighted by atomic mass is 9.97. The van der Waals surface area contributed by atoms with Crippen LogP contribution in [-0.4, -0.2) is 74.6 Å². The van der Waals surface area contributed by atoms with Gasteiger partial charge in [-0.05, 0) is 32.1 Å². The molecular formula is C16H30N4O4S. The Labute approximate surface area is 150 Å². The Bertz CT molecular complexity index is 581. The number of piperidine rings is 2. The van der Waals surface area contributed by atoms with E-state index in [0.717, 1.165) is 32.1 Å². The maximum Gasteiger partial charge on any atom is 0.317 e. The first kappa shape index (κ1) is 20.0. The zero-order chi connectivity index (χ0) is 18.4. The summed E-state index contributed by atoms with van der Waals surface area (Å²) >= 11 is 0. The second kappa shape index (κ2) is 8.84. The summed E-state index contributed by atoms with van der Waals surface area (Å²) in [4.78, 5) is 26.3. The van der Waals surface area contributed by atoms with Crippen LogP contribution in [0, 0.1) is 5.92 Å². The number of carbonyl (C=O) groups excluding carboxylic acids is 2. The van der Waals surface area contributed by atoms with Gasteiger partial charge in [0.15, 0.2) is 0 Å². The second-order valence-corrected chi connectivity index (χ2v) is 8.97. The van der Waals surface area contributed by atoms with Gasteiger partial charge < -0.3 is 15.5 Å². The molecule has 0 aromatic rings. The molecule has 2 heterocycles. The van der Waals surface area contributed by atoms with Crippen LogP contribution in [0.4, 0.5) is 4.79 Å². The summed E-state index contributed by atoms with van der Waals surface area (Å²) in [5.74, 6) is -0.148. The monoisotopic (exact) mass is 374 g/mol. The van der Waals surface area contributed by atoms with Crippen molar-refractivity contribution in [3.63, 3.8) is 0 Å². The Morgan fingerprint density at radius 3 is 2.52 bits per heavy atom. The minimum Gasteiger partial charge on any atom is -0.356 e. The first-order valence-electron chi connectivity index (χ1n) is 9.09. The molecule has 144 valence electrons. The molecule has 2 atom stereocenters. The standard InChI is InChI=1S/C16H30N4O4S/c1-3-8-17-15(21)13-6-4-9-19(11-13)16(22)18-14-7-5-10-20(12-14)25(2,23)24/h13-14H,3-12H2,1-2H3,(H,17,21)(H,18,22). The number of likely N-dealkylation sites (tertiary alicyclic amines) is 1. The van der Waals surface area contributed by atoms with Gasteiger partial charge in [-0.3, -0.25) is 4.79 Å². The maximum atomic E-state index is 12.5. The van der Waals surface area contributed by atoms with E-state index in [1.807, 2.05) is 6.92 Å². The van der Waals surface area contributed by atoms with Gasteiger partial charge in [0.05, 0.1) is 12.2 Å². The molecular weight excluding hydrogens is 344 g/mol. The normalized spacial score (nSPS) is 25.4. The molecule has 0 bridgehead atoms. The van der Waals surface area contributed by atoms with Gasteiger partial charge in [-0.2, -0.15) is 0 Å². The highest BCUT2D eigenvalue weighted by atomic mass is 32.2. The van der Waals surface area contributed by atoms with E-state index >= 15 is 0 Å². The van der Waals surface area contributed by atoms with E-state index in [9.17, 15) is 18.0 Å². The van der Waals surface area contributed by atoms with Crippen LogP contribution in [0.1, 0.15) is 39.0 Å². The molecule has 0 spiro atoms.